The molecular formula is C16H16ClN3S. The SMILES string of the molecule is CNC(C#N)(CCSc1ccc(Cl)cn1)c1ccccc1. The summed E-state index contributed by atoms with van der Waals surface area (Å²) in [6.07, 6.45) is 2.33. The molecule has 2 rings (SSSR count). The lowest BCUT2D eigenvalue weighted by Crippen LogP contribution is -2.39. The normalized spacial score (nSPS) is 13.4. The number of benzene rings is 1. The number of hydrogen-bond donors (Lipinski definition) is 1. The molecule has 0 saturated carbocycles. The summed E-state index contributed by atoms with van der Waals surface area (Å²) in [6, 6.07) is 15.9. The quantitative estimate of drug-likeness (QED) is 0.822. The highest BCUT2D eigenvalue weighted by atomic mass is 35.5. The Bertz CT molecular complexity index is 610. The van der Waals surface area contributed by atoms with Gasteiger partial charge in [-0.25, -0.2) is 4.98 Å². The average Bonchev–Trinajstić information content (AvgIpc) is 2.55. The molecule has 0 amide bonds. The van der Waals surface area contributed by atoms with E-state index in [2.05, 4.69) is 16.4 Å². The zero-order valence-electron chi connectivity index (χ0n) is 11.7. The molecule has 2 aromatic rings. The lowest BCUT2D eigenvalue weighted by molar-refractivity contribution is 0.457. The molecule has 0 bridgehead atoms. The third kappa shape index (κ3) is 3.98. The van der Waals surface area contributed by atoms with Crippen LogP contribution in [-0.4, -0.2) is 17.8 Å². The molecule has 5 heteroatoms. The second kappa shape index (κ2) is 7.46. The summed E-state index contributed by atoms with van der Waals surface area (Å²) in [7, 11) is 1.82. The first-order valence-electron chi connectivity index (χ1n) is 6.60. The van der Waals surface area contributed by atoms with E-state index in [1.54, 1.807) is 18.0 Å². The Morgan fingerprint density at radius 3 is 2.62 bits per heavy atom. The molecular weight excluding hydrogens is 302 g/mol. The number of thioether (sulfide) groups is 1. The molecule has 21 heavy (non-hydrogen) atoms. The van der Waals surface area contributed by atoms with Crippen LogP contribution in [-0.2, 0) is 5.54 Å². The van der Waals surface area contributed by atoms with E-state index in [0.29, 0.717) is 11.4 Å². The van der Waals surface area contributed by atoms with Crippen LogP contribution in [0.2, 0.25) is 5.02 Å². The molecule has 0 fully saturated rings. The van der Waals surface area contributed by atoms with Crippen molar-refractivity contribution in [2.45, 2.75) is 17.0 Å². The summed E-state index contributed by atoms with van der Waals surface area (Å²) in [5, 5.41) is 14.3. The van der Waals surface area contributed by atoms with E-state index in [0.717, 1.165) is 16.3 Å². The predicted octanol–water partition coefficient (Wildman–Crippen LogP) is 3.86. The molecule has 1 N–H and O–H groups in total. The van der Waals surface area contributed by atoms with Crippen molar-refractivity contribution in [1.29, 1.82) is 5.26 Å². The van der Waals surface area contributed by atoms with E-state index >= 15 is 0 Å². The van der Waals surface area contributed by atoms with Gasteiger partial charge in [0.15, 0.2) is 0 Å². The zero-order chi connectivity index (χ0) is 15.1. The van der Waals surface area contributed by atoms with Crippen LogP contribution in [0, 0.1) is 11.3 Å². The maximum atomic E-state index is 9.61. The van der Waals surface area contributed by atoms with Crippen molar-refractivity contribution in [3.63, 3.8) is 0 Å². The molecule has 0 saturated heterocycles. The molecule has 1 atom stereocenters. The average molecular weight is 318 g/mol. The van der Waals surface area contributed by atoms with E-state index in [9.17, 15) is 5.26 Å². The van der Waals surface area contributed by atoms with Crippen molar-refractivity contribution in [1.82, 2.24) is 10.3 Å². The number of rotatable bonds is 6. The van der Waals surface area contributed by atoms with E-state index < -0.39 is 5.54 Å². The van der Waals surface area contributed by atoms with Crippen molar-refractivity contribution in [3.8, 4) is 6.07 Å². The molecule has 1 aromatic heterocycles. The van der Waals surface area contributed by atoms with Crippen LogP contribution < -0.4 is 5.32 Å². The van der Waals surface area contributed by atoms with Gasteiger partial charge in [0, 0.05) is 11.9 Å². The number of nitrogens with zero attached hydrogens (tertiary/aromatic N) is 2. The molecule has 0 radical (unpaired) electrons. The van der Waals surface area contributed by atoms with Crippen LogP contribution in [0.3, 0.4) is 0 Å². The summed E-state index contributed by atoms with van der Waals surface area (Å²) in [4.78, 5) is 4.25. The first-order valence-corrected chi connectivity index (χ1v) is 7.96. The van der Waals surface area contributed by atoms with Gasteiger partial charge in [-0.05, 0) is 31.2 Å². The molecule has 0 spiro atoms. The third-order valence-corrected chi connectivity index (χ3v) is 4.48. The van der Waals surface area contributed by atoms with E-state index in [1.165, 1.54) is 0 Å². The summed E-state index contributed by atoms with van der Waals surface area (Å²) in [5.74, 6) is 0.790. The van der Waals surface area contributed by atoms with Crippen LogP contribution in [0.5, 0.6) is 0 Å². The molecule has 1 unspecified atom stereocenters. The Morgan fingerprint density at radius 1 is 1.29 bits per heavy atom. The first-order chi connectivity index (χ1) is 10.2. The molecule has 1 heterocycles. The smallest absolute Gasteiger partial charge is 0.132 e. The monoisotopic (exact) mass is 317 g/mol. The molecule has 0 aliphatic carbocycles. The van der Waals surface area contributed by atoms with E-state index in [-0.39, 0.29) is 0 Å². The second-order valence-electron chi connectivity index (χ2n) is 4.55. The maximum absolute atomic E-state index is 9.61. The van der Waals surface area contributed by atoms with Crippen LogP contribution in [0.1, 0.15) is 12.0 Å². The van der Waals surface area contributed by atoms with Gasteiger partial charge in [-0.15, -0.1) is 11.8 Å². The minimum Gasteiger partial charge on any atom is -0.299 e. The van der Waals surface area contributed by atoms with Gasteiger partial charge in [-0.1, -0.05) is 41.9 Å². The van der Waals surface area contributed by atoms with E-state index in [1.807, 2.05) is 49.5 Å². The Labute approximate surface area is 134 Å². The molecule has 0 aliphatic heterocycles. The van der Waals surface area contributed by atoms with Gasteiger partial charge in [0.1, 0.15) is 5.54 Å². The van der Waals surface area contributed by atoms with Gasteiger partial charge in [0.05, 0.1) is 16.1 Å². The largest absolute Gasteiger partial charge is 0.299 e. The number of aromatic nitrogens is 1. The van der Waals surface area contributed by atoms with Gasteiger partial charge in [-0.3, -0.25) is 5.32 Å². The van der Waals surface area contributed by atoms with Crippen LogP contribution >= 0.6 is 23.4 Å². The first kappa shape index (κ1) is 15.8. The fourth-order valence-corrected chi connectivity index (χ4v) is 3.09. The summed E-state index contributed by atoms with van der Waals surface area (Å²) in [5.41, 5.74) is 0.320. The zero-order valence-corrected chi connectivity index (χ0v) is 13.3. The van der Waals surface area contributed by atoms with Crippen LogP contribution in [0.25, 0.3) is 0 Å². The van der Waals surface area contributed by atoms with Gasteiger partial charge in [0.2, 0.25) is 0 Å². The van der Waals surface area contributed by atoms with Gasteiger partial charge in [-0.2, -0.15) is 5.26 Å². The summed E-state index contributed by atoms with van der Waals surface area (Å²) < 4.78 is 0. The Morgan fingerprint density at radius 2 is 2.05 bits per heavy atom. The number of nitriles is 1. The van der Waals surface area contributed by atoms with Crippen LogP contribution in [0.4, 0.5) is 0 Å². The lowest BCUT2D eigenvalue weighted by atomic mass is 9.89. The van der Waals surface area contributed by atoms with Crippen molar-refractivity contribution < 1.29 is 0 Å². The Hall–Kier alpha value is -1.54. The summed E-state index contributed by atoms with van der Waals surface area (Å²) in [6.45, 7) is 0. The Kier molecular flexibility index (Phi) is 5.63. The fraction of sp³-hybridized carbons (Fsp3) is 0.250. The molecule has 1 aromatic carbocycles. The van der Waals surface area contributed by atoms with Crippen molar-refractivity contribution >= 4 is 23.4 Å². The fourth-order valence-electron chi connectivity index (χ4n) is 2.07. The number of pyridine rings is 1. The Balaban J connectivity index is 2.04. The van der Waals surface area contributed by atoms with Crippen LogP contribution in [0.15, 0.2) is 53.7 Å². The van der Waals surface area contributed by atoms with Gasteiger partial charge in [0.25, 0.3) is 0 Å². The number of hydrogen-bond acceptors (Lipinski definition) is 4. The topological polar surface area (TPSA) is 48.7 Å². The van der Waals surface area contributed by atoms with Crippen molar-refractivity contribution in [2.24, 2.45) is 0 Å². The summed E-state index contributed by atoms with van der Waals surface area (Å²) >= 11 is 7.44. The highest BCUT2D eigenvalue weighted by molar-refractivity contribution is 7.99. The number of nitrogens with one attached hydrogen (secondary N) is 1. The highest BCUT2D eigenvalue weighted by Crippen LogP contribution is 2.28. The predicted molar refractivity (Wildman–Crippen MR) is 87.4 cm³/mol. The molecule has 3 nitrogen and oxygen atoms in total. The number of halogens is 1. The third-order valence-electron chi connectivity index (χ3n) is 3.31. The minimum atomic E-state index is -0.666. The van der Waals surface area contributed by atoms with Gasteiger partial charge >= 0.3 is 0 Å². The second-order valence-corrected chi connectivity index (χ2v) is 6.10. The van der Waals surface area contributed by atoms with E-state index in [4.69, 9.17) is 11.6 Å². The molecule has 0 aliphatic rings. The van der Waals surface area contributed by atoms with Crippen molar-refractivity contribution in [3.05, 3.63) is 59.2 Å². The minimum absolute atomic E-state index is 0.630. The maximum Gasteiger partial charge on any atom is 0.132 e. The highest BCUT2D eigenvalue weighted by Gasteiger charge is 2.29. The van der Waals surface area contributed by atoms with Gasteiger partial charge < -0.3 is 0 Å². The molecule has 108 valence electrons. The van der Waals surface area contributed by atoms with Crippen molar-refractivity contribution in [2.75, 3.05) is 12.8 Å². The standard InChI is InChI=1S/C16H16ClN3S/c1-19-16(12-18,13-5-3-2-4-6-13)9-10-21-15-8-7-14(17)11-20-15/h2-8,11,19H,9-10H2,1H3. The lowest BCUT2D eigenvalue weighted by Gasteiger charge is -2.26.